The zero-order valence-electron chi connectivity index (χ0n) is 32.7. The molecule has 0 unspecified atom stereocenters. The number of hydrogen-bond donors (Lipinski definition) is 0. The van der Waals surface area contributed by atoms with Gasteiger partial charge in [0.25, 0.3) is 0 Å². The molecule has 2 aromatic heterocycles. The molecule has 11 aromatic carbocycles. The van der Waals surface area contributed by atoms with Crippen LogP contribution in [-0.4, -0.2) is 9.13 Å². The van der Waals surface area contributed by atoms with Gasteiger partial charge in [-0.2, -0.15) is 0 Å². The zero-order chi connectivity index (χ0) is 39.3. The van der Waals surface area contributed by atoms with E-state index in [9.17, 15) is 0 Å². The minimum absolute atomic E-state index is 1.17. The third kappa shape index (κ3) is 4.88. The van der Waals surface area contributed by atoms with E-state index in [-0.39, 0.29) is 0 Å². The van der Waals surface area contributed by atoms with E-state index in [0.29, 0.717) is 0 Å². The molecule has 0 amide bonds. The summed E-state index contributed by atoms with van der Waals surface area (Å²) in [6, 6.07) is 80.6. The molecular weight excluding hydrogens is 725 g/mol. The van der Waals surface area contributed by atoms with E-state index < -0.39 is 0 Å². The van der Waals surface area contributed by atoms with Crippen LogP contribution in [0.1, 0.15) is 0 Å². The summed E-state index contributed by atoms with van der Waals surface area (Å²) >= 11 is 0. The summed E-state index contributed by atoms with van der Waals surface area (Å²) in [5.41, 5.74) is 12.1. The van der Waals surface area contributed by atoms with E-state index in [0.717, 1.165) is 0 Å². The normalized spacial score (nSPS) is 12.0. The predicted octanol–water partition coefficient (Wildman–Crippen LogP) is 15.8. The Morgan fingerprint density at radius 3 is 1.20 bits per heavy atom. The van der Waals surface area contributed by atoms with Gasteiger partial charge in [-0.3, -0.25) is 0 Å². The molecule has 2 nitrogen and oxygen atoms in total. The first kappa shape index (κ1) is 33.1. The maximum absolute atomic E-state index is 2.41. The van der Waals surface area contributed by atoms with Crippen LogP contribution in [0.4, 0.5) is 0 Å². The summed E-state index contributed by atoms with van der Waals surface area (Å²) in [4.78, 5) is 0. The van der Waals surface area contributed by atoms with Crippen molar-refractivity contribution in [1.29, 1.82) is 0 Å². The van der Waals surface area contributed by atoms with Gasteiger partial charge in [0, 0.05) is 32.9 Å². The lowest BCUT2D eigenvalue weighted by Gasteiger charge is -2.14. The number of benzene rings is 11. The summed E-state index contributed by atoms with van der Waals surface area (Å²) in [5.74, 6) is 0. The SMILES string of the molecule is c1ccc(-n2c3ccccc3c3cc(-c4ccc5c6ccccc6c6cc(-c7ccc8c(c7)c7ccccc7n8-c7ccc8ccccc8c7)ccc6c5c4)ccc32)cc1. The smallest absolute Gasteiger partial charge is 0.0541 e. The van der Waals surface area contributed by atoms with Crippen molar-refractivity contribution in [3.8, 4) is 33.6 Å². The Kier molecular flexibility index (Phi) is 7.05. The number of rotatable bonds is 4. The van der Waals surface area contributed by atoms with Gasteiger partial charge < -0.3 is 9.13 Å². The molecule has 0 saturated heterocycles. The molecule has 0 saturated carbocycles. The topological polar surface area (TPSA) is 9.86 Å². The third-order valence-corrected chi connectivity index (χ3v) is 12.9. The molecule has 0 fully saturated rings. The fourth-order valence-corrected chi connectivity index (χ4v) is 10.1. The van der Waals surface area contributed by atoms with Crippen molar-refractivity contribution in [2.24, 2.45) is 0 Å². The summed E-state index contributed by atoms with van der Waals surface area (Å²) in [6.07, 6.45) is 0. The molecule has 0 aliphatic heterocycles. The van der Waals surface area contributed by atoms with Crippen molar-refractivity contribution in [2.45, 2.75) is 0 Å². The minimum atomic E-state index is 1.17. The Bertz CT molecular complexity index is 3880. The highest BCUT2D eigenvalue weighted by atomic mass is 15.0. The van der Waals surface area contributed by atoms with E-state index in [1.165, 1.54) is 120 Å². The molecule has 0 bridgehead atoms. The van der Waals surface area contributed by atoms with Crippen LogP contribution in [0.2, 0.25) is 0 Å². The van der Waals surface area contributed by atoms with Crippen LogP contribution in [0.25, 0.3) is 120 Å². The Labute approximate surface area is 346 Å². The standard InChI is InChI=1S/C58H36N2/c1-2-14-43(15-3-1)59-55-20-10-8-18-49(55)53-35-41(25-30-57(53)59)39-23-28-47-45-16-6-7-17-46(45)51-33-40(24-29-48(51)52(47)34-39)42-26-31-58-54(36-42)50-19-9-11-21-56(50)60(58)44-27-22-37-12-4-5-13-38(37)32-44/h1-36H. The van der Waals surface area contributed by atoms with Crippen LogP contribution in [0.15, 0.2) is 218 Å². The van der Waals surface area contributed by atoms with Gasteiger partial charge in [0.2, 0.25) is 0 Å². The molecule has 0 atom stereocenters. The van der Waals surface area contributed by atoms with Crippen LogP contribution in [-0.2, 0) is 0 Å². The minimum Gasteiger partial charge on any atom is -0.309 e. The van der Waals surface area contributed by atoms with Crippen molar-refractivity contribution in [3.63, 3.8) is 0 Å². The lowest BCUT2D eigenvalue weighted by atomic mass is 9.90. The average Bonchev–Trinajstić information content (AvgIpc) is 3.83. The van der Waals surface area contributed by atoms with E-state index in [1.807, 2.05) is 0 Å². The number of para-hydroxylation sites is 3. The van der Waals surface area contributed by atoms with Crippen molar-refractivity contribution in [3.05, 3.63) is 218 Å². The second kappa shape index (κ2) is 12.8. The van der Waals surface area contributed by atoms with Gasteiger partial charge in [-0.1, -0.05) is 146 Å². The number of nitrogens with zero attached hydrogens (tertiary/aromatic N) is 2. The maximum Gasteiger partial charge on any atom is 0.0541 e. The summed E-state index contributed by atoms with van der Waals surface area (Å²) in [6.45, 7) is 0. The fraction of sp³-hybridized carbons (Fsp3) is 0. The lowest BCUT2D eigenvalue weighted by Crippen LogP contribution is -1.93. The van der Waals surface area contributed by atoms with Crippen molar-refractivity contribution >= 4 is 86.7 Å². The molecule has 13 rings (SSSR count). The Hall–Kier alpha value is -7.94. The van der Waals surface area contributed by atoms with E-state index in [2.05, 4.69) is 228 Å². The molecular formula is C58H36N2. The van der Waals surface area contributed by atoms with Crippen LogP contribution >= 0.6 is 0 Å². The van der Waals surface area contributed by atoms with E-state index in [4.69, 9.17) is 0 Å². The van der Waals surface area contributed by atoms with E-state index >= 15 is 0 Å². The Morgan fingerprint density at radius 1 is 0.200 bits per heavy atom. The molecule has 2 heterocycles. The maximum atomic E-state index is 2.41. The summed E-state index contributed by atoms with van der Waals surface area (Å²) in [5, 5.41) is 15.2. The highest BCUT2D eigenvalue weighted by Crippen LogP contribution is 2.42. The quantitative estimate of drug-likeness (QED) is 0.158. The van der Waals surface area contributed by atoms with Gasteiger partial charge in [0.15, 0.2) is 0 Å². The second-order valence-electron chi connectivity index (χ2n) is 16.1. The van der Waals surface area contributed by atoms with Crippen molar-refractivity contribution in [2.75, 3.05) is 0 Å². The van der Waals surface area contributed by atoms with Gasteiger partial charge in [-0.25, -0.2) is 0 Å². The van der Waals surface area contributed by atoms with Crippen molar-refractivity contribution < 1.29 is 0 Å². The van der Waals surface area contributed by atoms with Crippen LogP contribution < -0.4 is 0 Å². The molecule has 60 heavy (non-hydrogen) atoms. The van der Waals surface area contributed by atoms with Gasteiger partial charge in [-0.05, 0) is 138 Å². The molecule has 2 heteroatoms. The third-order valence-electron chi connectivity index (χ3n) is 12.9. The lowest BCUT2D eigenvalue weighted by molar-refractivity contribution is 1.18. The average molecular weight is 761 g/mol. The number of fused-ring (bicyclic) bond motifs is 13. The highest BCUT2D eigenvalue weighted by Gasteiger charge is 2.17. The summed E-state index contributed by atoms with van der Waals surface area (Å²) < 4.78 is 4.80. The van der Waals surface area contributed by atoms with Crippen molar-refractivity contribution in [1.82, 2.24) is 9.13 Å². The van der Waals surface area contributed by atoms with Crippen LogP contribution in [0.3, 0.4) is 0 Å². The van der Waals surface area contributed by atoms with Gasteiger partial charge in [-0.15, -0.1) is 0 Å². The van der Waals surface area contributed by atoms with Gasteiger partial charge >= 0.3 is 0 Å². The molecule has 0 spiro atoms. The number of hydrogen-bond acceptors (Lipinski definition) is 0. The number of aromatic nitrogens is 2. The first-order valence-electron chi connectivity index (χ1n) is 20.8. The Morgan fingerprint density at radius 2 is 0.600 bits per heavy atom. The molecule has 0 aliphatic rings. The Balaban J connectivity index is 0.972. The van der Waals surface area contributed by atoms with Crippen LogP contribution in [0.5, 0.6) is 0 Å². The summed E-state index contributed by atoms with van der Waals surface area (Å²) in [7, 11) is 0. The first-order chi connectivity index (χ1) is 29.7. The zero-order valence-corrected chi connectivity index (χ0v) is 32.7. The first-order valence-corrected chi connectivity index (χ1v) is 20.8. The highest BCUT2D eigenvalue weighted by molar-refractivity contribution is 6.26. The van der Waals surface area contributed by atoms with Gasteiger partial charge in [0.05, 0.1) is 22.1 Å². The molecule has 13 aromatic rings. The van der Waals surface area contributed by atoms with E-state index in [1.54, 1.807) is 0 Å². The van der Waals surface area contributed by atoms with Crippen LogP contribution in [0, 0.1) is 0 Å². The largest absolute Gasteiger partial charge is 0.309 e. The second-order valence-corrected chi connectivity index (χ2v) is 16.1. The molecule has 0 N–H and O–H groups in total. The fourth-order valence-electron chi connectivity index (χ4n) is 10.1. The predicted molar refractivity (Wildman–Crippen MR) is 256 cm³/mol. The molecule has 0 aliphatic carbocycles. The molecule has 0 radical (unpaired) electrons. The monoisotopic (exact) mass is 760 g/mol. The molecule has 278 valence electrons. The van der Waals surface area contributed by atoms with Gasteiger partial charge in [0.1, 0.15) is 0 Å².